The van der Waals surface area contributed by atoms with Crippen molar-refractivity contribution in [3.8, 4) is 0 Å². The lowest BCUT2D eigenvalue weighted by Crippen LogP contribution is -2.25. The second-order valence-electron chi connectivity index (χ2n) is 4.90. The van der Waals surface area contributed by atoms with Gasteiger partial charge in [0, 0.05) is 39.1 Å². The van der Waals surface area contributed by atoms with Gasteiger partial charge >= 0.3 is 0 Å². The molecule has 2 rings (SSSR count). The number of hydrogen-bond acceptors (Lipinski definition) is 5. The first-order chi connectivity index (χ1) is 9.62. The Balaban J connectivity index is 1.74. The third-order valence-corrected chi connectivity index (χ3v) is 4.56. The number of ether oxygens (including phenoxy) is 1. The van der Waals surface area contributed by atoms with Gasteiger partial charge in [0.05, 0.1) is 4.90 Å². The van der Waals surface area contributed by atoms with Gasteiger partial charge in [-0.3, -0.25) is 0 Å². The molecular formula is C13H21N3O3S. The molecule has 0 bridgehead atoms. The summed E-state index contributed by atoms with van der Waals surface area (Å²) in [6.07, 6.45) is 4.68. The number of aromatic nitrogens is 1. The highest BCUT2D eigenvalue weighted by atomic mass is 32.2. The van der Waals surface area contributed by atoms with Crippen molar-refractivity contribution in [3.63, 3.8) is 0 Å². The van der Waals surface area contributed by atoms with Crippen molar-refractivity contribution >= 4 is 15.8 Å². The van der Waals surface area contributed by atoms with E-state index in [2.05, 4.69) is 15.0 Å². The lowest BCUT2D eigenvalue weighted by molar-refractivity contribution is 0.123. The molecule has 1 fully saturated rings. The van der Waals surface area contributed by atoms with Crippen molar-refractivity contribution in [2.24, 2.45) is 5.92 Å². The third-order valence-electron chi connectivity index (χ3n) is 3.11. The summed E-state index contributed by atoms with van der Waals surface area (Å²) in [6, 6.07) is 2.98. The van der Waals surface area contributed by atoms with E-state index in [9.17, 15) is 8.42 Å². The number of nitrogens with one attached hydrogen (secondary N) is 2. The number of pyridine rings is 1. The van der Waals surface area contributed by atoms with Crippen LogP contribution in [0.15, 0.2) is 23.2 Å². The highest BCUT2D eigenvalue weighted by Gasteiger charge is 2.21. The summed E-state index contributed by atoms with van der Waals surface area (Å²) >= 11 is 0. The number of rotatable bonds is 9. The smallest absolute Gasteiger partial charge is 0.240 e. The van der Waals surface area contributed by atoms with Gasteiger partial charge in [-0.05, 0) is 31.2 Å². The molecule has 6 nitrogen and oxygen atoms in total. The zero-order valence-electron chi connectivity index (χ0n) is 11.6. The van der Waals surface area contributed by atoms with E-state index in [1.165, 1.54) is 31.2 Å². The zero-order chi connectivity index (χ0) is 14.4. The van der Waals surface area contributed by atoms with E-state index in [-0.39, 0.29) is 4.90 Å². The van der Waals surface area contributed by atoms with Crippen LogP contribution in [0.4, 0.5) is 5.82 Å². The highest BCUT2D eigenvalue weighted by Crippen LogP contribution is 2.28. The molecule has 0 amide bonds. The molecule has 1 saturated carbocycles. The summed E-state index contributed by atoms with van der Waals surface area (Å²) in [5.74, 6) is 1.27. The summed E-state index contributed by atoms with van der Waals surface area (Å²) in [7, 11) is -1.77. The fraction of sp³-hybridized carbons (Fsp3) is 0.615. The molecule has 0 aromatic carbocycles. The first kappa shape index (κ1) is 15.2. The van der Waals surface area contributed by atoms with E-state index in [4.69, 9.17) is 4.74 Å². The molecule has 0 radical (unpaired) electrons. The van der Waals surface area contributed by atoms with Gasteiger partial charge in [-0.2, -0.15) is 0 Å². The van der Waals surface area contributed by atoms with Gasteiger partial charge in [0.1, 0.15) is 5.82 Å². The Morgan fingerprint density at radius 1 is 1.45 bits per heavy atom. The van der Waals surface area contributed by atoms with Crippen LogP contribution in [0.1, 0.15) is 19.3 Å². The zero-order valence-corrected chi connectivity index (χ0v) is 12.4. The number of nitrogens with zero attached hydrogens (tertiary/aromatic N) is 1. The standard InChI is InChI=1S/C13H21N3O3S/c1-14-13-9-12(5-7-15-13)20(17,18)16-6-2-8-19-10-11-3-4-11/h5,7,9,11,16H,2-4,6,8,10H2,1H3,(H,14,15). The van der Waals surface area contributed by atoms with E-state index in [0.29, 0.717) is 25.4 Å². The number of hydrogen-bond donors (Lipinski definition) is 2. The van der Waals surface area contributed by atoms with E-state index in [0.717, 1.165) is 12.5 Å². The first-order valence-electron chi connectivity index (χ1n) is 6.83. The van der Waals surface area contributed by atoms with Crippen molar-refractivity contribution in [3.05, 3.63) is 18.3 Å². The maximum absolute atomic E-state index is 12.0. The van der Waals surface area contributed by atoms with E-state index >= 15 is 0 Å². The molecule has 112 valence electrons. The van der Waals surface area contributed by atoms with E-state index in [1.807, 2.05) is 0 Å². The molecule has 0 atom stereocenters. The van der Waals surface area contributed by atoms with Crippen molar-refractivity contribution < 1.29 is 13.2 Å². The van der Waals surface area contributed by atoms with Crippen molar-refractivity contribution in [1.82, 2.24) is 9.71 Å². The molecule has 7 heteroatoms. The van der Waals surface area contributed by atoms with Crippen LogP contribution in [0, 0.1) is 5.92 Å². The Hall–Kier alpha value is -1.18. The lowest BCUT2D eigenvalue weighted by Gasteiger charge is -2.08. The quantitative estimate of drug-likeness (QED) is 0.670. The fourth-order valence-electron chi connectivity index (χ4n) is 1.71. The molecule has 1 aliphatic rings. The minimum atomic E-state index is -3.47. The predicted molar refractivity (Wildman–Crippen MR) is 77.1 cm³/mol. The van der Waals surface area contributed by atoms with E-state index < -0.39 is 10.0 Å². The summed E-state index contributed by atoms with van der Waals surface area (Å²) in [6.45, 7) is 1.78. The SMILES string of the molecule is CNc1cc(S(=O)(=O)NCCCOCC2CC2)ccn1. The predicted octanol–water partition coefficient (Wildman–Crippen LogP) is 1.22. The Morgan fingerprint density at radius 2 is 2.25 bits per heavy atom. The van der Waals surface area contributed by atoms with Gasteiger partial charge in [-0.15, -0.1) is 0 Å². The lowest BCUT2D eigenvalue weighted by atomic mass is 10.4. The van der Waals surface area contributed by atoms with Gasteiger partial charge in [-0.1, -0.05) is 0 Å². The van der Waals surface area contributed by atoms with E-state index in [1.54, 1.807) is 7.05 Å². The topological polar surface area (TPSA) is 80.3 Å². The van der Waals surface area contributed by atoms with Crippen molar-refractivity contribution in [2.75, 3.05) is 32.1 Å². The summed E-state index contributed by atoms with van der Waals surface area (Å²) in [4.78, 5) is 4.21. The van der Waals surface area contributed by atoms with Crippen LogP contribution in [0.5, 0.6) is 0 Å². The maximum atomic E-state index is 12.0. The highest BCUT2D eigenvalue weighted by molar-refractivity contribution is 7.89. The van der Waals surface area contributed by atoms with Crippen LogP contribution in [0.25, 0.3) is 0 Å². The van der Waals surface area contributed by atoms with Gasteiger partial charge in [-0.25, -0.2) is 18.1 Å². The summed E-state index contributed by atoms with van der Waals surface area (Å²) in [5, 5.41) is 2.82. The van der Waals surface area contributed by atoms with Gasteiger partial charge in [0.25, 0.3) is 0 Å². The maximum Gasteiger partial charge on any atom is 0.240 e. The molecule has 1 aliphatic carbocycles. The first-order valence-corrected chi connectivity index (χ1v) is 8.31. The van der Waals surface area contributed by atoms with Gasteiger partial charge in [0.15, 0.2) is 0 Å². The molecule has 1 aromatic rings. The molecular weight excluding hydrogens is 278 g/mol. The third kappa shape index (κ3) is 4.73. The number of sulfonamides is 1. The van der Waals surface area contributed by atoms with Crippen LogP contribution in [0.2, 0.25) is 0 Å². The molecule has 1 heterocycles. The van der Waals surface area contributed by atoms with Gasteiger partial charge in [0.2, 0.25) is 10.0 Å². The van der Waals surface area contributed by atoms with Crippen LogP contribution < -0.4 is 10.0 Å². The van der Waals surface area contributed by atoms with Crippen LogP contribution in [-0.4, -0.2) is 40.2 Å². The fourth-order valence-corrected chi connectivity index (χ4v) is 2.80. The normalized spacial score (nSPS) is 15.2. The molecule has 2 N–H and O–H groups in total. The molecule has 0 saturated heterocycles. The Morgan fingerprint density at radius 3 is 2.95 bits per heavy atom. The molecule has 0 aliphatic heterocycles. The minimum absolute atomic E-state index is 0.218. The second-order valence-corrected chi connectivity index (χ2v) is 6.66. The minimum Gasteiger partial charge on any atom is -0.381 e. The van der Waals surface area contributed by atoms with Gasteiger partial charge < -0.3 is 10.1 Å². The molecule has 1 aromatic heterocycles. The van der Waals surface area contributed by atoms with Crippen molar-refractivity contribution in [1.29, 1.82) is 0 Å². The summed E-state index contributed by atoms with van der Waals surface area (Å²) in [5.41, 5.74) is 0. The Bertz CT molecular complexity index is 529. The summed E-state index contributed by atoms with van der Waals surface area (Å²) < 4.78 is 32.1. The Kier molecular flexibility index (Phi) is 5.33. The molecule has 0 unspecified atom stereocenters. The van der Waals surface area contributed by atoms with Crippen LogP contribution in [-0.2, 0) is 14.8 Å². The average molecular weight is 299 g/mol. The molecule has 20 heavy (non-hydrogen) atoms. The number of anilines is 1. The average Bonchev–Trinajstić information content (AvgIpc) is 3.27. The Labute approximate surface area is 120 Å². The monoisotopic (exact) mass is 299 g/mol. The van der Waals surface area contributed by atoms with Crippen LogP contribution in [0.3, 0.4) is 0 Å². The van der Waals surface area contributed by atoms with Crippen molar-refractivity contribution in [2.45, 2.75) is 24.2 Å². The molecule has 0 spiro atoms. The second kappa shape index (κ2) is 7.01. The van der Waals surface area contributed by atoms with Crippen LogP contribution >= 0.6 is 0 Å². The largest absolute Gasteiger partial charge is 0.381 e.